The smallest absolute Gasteiger partial charge is 0.246 e. The van der Waals surface area contributed by atoms with E-state index in [1.165, 1.54) is 24.3 Å². The molecule has 376 valence electrons. The van der Waals surface area contributed by atoms with E-state index < -0.39 is 159 Å². The zero-order valence-electron chi connectivity index (χ0n) is 37.0. The quantitative estimate of drug-likeness (QED) is 0.0994. The van der Waals surface area contributed by atoms with Gasteiger partial charge in [-0.25, -0.2) is 0 Å². The number of rotatable bonds is 11. The van der Waals surface area contributed by atoms with Gasteiger partial charge in [-0.05, 0) is 23.3 Å². The third-order valence-electron chi connectivity index (χ3n) is 12.4. The lowest BCUT2D eigenvalue weighted by Gasteiger charge is -2.46. The molecule has 27 nitrogen and oxygen atoms in total. The maximum atomic E-state index is 14.7. The summed E-state index contributed by atoms with van der Waals surface area (Å²) in [7, 11) is 0. The van der Waals surface area contributed by atoms with Crippen molar-refractivity contribution in [1.82, 2.24) is 52.8 Å². The van der Waals surface area contributed by atoms with Crippen molar-refractivity contribution < 1.29 is 74.4 Å². The molecule has 6 amide bonds. The van der Waals surface area contributed by atoms with Crippen LogP contribution >= 0.6 is 0 Å². The highest BCUT2D eigenvalue weighted by atomic mass is 16.6. The molecule has 0 radical (unpaired) electrons. The van der Waals surface area contributed by atoms with Crippen molar-refractivity contribution in [3.05, 3.63) is 65.7 Å². The number of hydrogen-bond acceptors (Lipinski definition) is 17. The number of guanidine groups is 2. The predicted octanol–water partition coefficient (Wildman–Crippen LogP) is -8.49. The molecule has 2 aromatic rings. The molecule has 0 saturated carbocycles. The van der Waals surface area contributed by atoms with Gasteiger partial charge in [0.05, 0.1) is 31.8 Å². The Kier molecular flexibility index (Phi) is 16.9. The van der Waals surface area contributed by atoms with Gasteiger partial charge in [0.1, 0.15) is 72.6 Å². The first kappa shape index (κ1) is 51.7. The average molecular weight is 971 g/mol. The lowest BCUT2D eigenvalue weighted by atomic mass is 9.92. The number of aromatic hydroxyl groups is 1. The summed E-state index contributed by atoms with van der Waals surface area (Å²) in [5, 5.41) is 125. The normalized spacial score (nSPS) is 32.3. The van der Waals surface area contributed by atoms with E-state index in [4.69, 9.17) is 15.6 Å². The number of benzene rings is 2. The highest BCUT2D eigenvalue weighted by molar-refractivity contribution is 5.98. The van der Waals surface area contributed by atoms with Crippen molar-refractivity contribution in [1.29, 1.82) is 10.8 Å². The molecule has 4 fully saturated rings. The molecule has 0 bridgehead atoms. The molecule has 6 rings (SSSR count). The molecule has 2 aromatic carbocycles. The number of aliphatic hydroxyl groups is 7. The summed E-state index contributed by atoms with van der Waals surface area (Å²) < 4.78 is 5.63. The molecule has 0 aromatic heterocycles. The zero-order valence-corrected chi connectivity index (χ0v) is 37.0. The minimum atomic E-state index is -2.26. The summed E-state index contributed by atoms with van der Waals surface area (Å²) >= 11 is 0. The summed E-state index contributed by atoms with van der Waals surface area (Å²) in [6.45, 7) is -1.79. The number of phenols is 1. The first-order valence-corrected chi connectivity index (χ1v) is 21.9. The van der Waals surface area contributed by atoms with Gasteiger partial charge in [0.2, 0.25) is 35.4 Å². The number of nitrogens with zero attached hydrogens (tertiary/aromatic N) is 1. The van der Waals surface area contributed by atoms with Gasteiger partial charge in [-0.2, -0.15) is 0 Å². The maximum Gasteiger partial charge on any atom is 0.246 e. The lowest BCUT2D eigenvalue weighted by Crippen LogP contribution is -2.69. The molecule has 0 aliphatic carbocycles. The topological polar surface area (TPSA) is 433 Å². The second-order valence-electron chi connectivity index (χ2n) is 17.0. The summed E-state index contributed by atoms with van der Waals surface area (Å²) in [5.74, 6) is -8.60. The lowest BCUT2D eigenvalue weighted by molar-refractivity contribution is -0.260. The molecule has 4 aliphatic rings. The molecular formula is C42H58N12O15. The Morgan fingerprint density at radius 1 is 0.667 bits per heavy atom. The van der Waals surface area contributed by atoms with Crippen LogP contribution in [0, 0.1) is 10.8 Å². The molecule has 15 unspecified atom stereocenters. The minimum absolute atomic E-state index is 0.126. The first-order chi connectivity index (χ1) is 32.8. The Morgan fingerprint density at radius 3 is 1.93 bits per heavy atom. The van der Waals surface area contributed by atoms with Crippen LogP contribution in [0.1, 0.15) is 24.0 Å². The van der Waals surface area contributed by atoms with Crippen LogP contribution in [0.4, 0.5) is 0 Å². The van der Waals surface area contributed by atoms with Crippen molar-refractivity contribution in [3.8, 4) is 5.75 Å². The fourth-order valence-electron chi connectivity index (χ4n) is 8.41. The number of carbonyl (C=O) groups excluding carboxylic acids is 6. The Morgan fingerprint density at radius 2 is 1.29 bits per heavy atom. The largest absolute Gasteiger partial charge is 0.508 e. The fourth-order valence-corrected chi connectivity index (χ4v) is 8.41. The Hall–Kier alpha value is -6.72. The molecule has 4 aliphatic heterocycles. The summed E-state index contributed by atoms with van der Waals surface area (Å²) in [6, 6.07) is 1.95. The summed E-state index contributed by atoms with van der Waals surface area (Å²) in [4.78, 5) is 85.9. The monoisotopic (exact) mass is 970 g/mol. The summed E-state index contributed by atoms with van der Waals surface area (Å²) in [5.41, 5.74) is 0.956. The van der Waals surface area contributed by atoms with Crippen molar-refractivity contribution in [2.45, 2.75) is 104 Å². The molecule has 15 atom stereocenters. The molecule has 27 heteroatoms. The van der Waals surface area contributed by atoms with Crippen molar-refractivity contribution >= 4 is 47.4 Å². The Labute approximate surface area is 393 Å². The van der Waals surface area contributed by atoms with Crippen LogP contribution in [0.5, 0.6) is 5.75 Å². The van der Waals surface area contributed by atoms with Crippen LogP contribution in [0.3, 0.4) is 0 Å². The van der Waals surface area contributed by atoms with Crippen LogP contribution < -0.4 is 47.9 Å². The predicted molar refractivity (Wildman–Crippen MR) is 236 cm³/mol. The van der Waals surface area contributed by atoms with Gasteiger partial charge in [0.15, 0.2) is 18.1 Å². The van der Waals surface area contributed by atoms with E-state index in [1.807, 2.05) is 0 Å². The number of amides is 6. The standard InChI is InChI=1S/C42H58N12O15/c1-17(19-5-3-2-4-6-19)27-37(66)48-21(11-18-7-9-20(57)10-8-18)36(65)52-28(30(59)22-12-46-41(43)50-22)39(68)53-29(38(67)49-23(15-55)35(64)45-14-26(58)51-27)31(60)24-13-47-42(44)54(24)40-34(63)33(62)32(61)25(16-56)69-40/h2-10,17,21-25,27-34,40,55-57,59-63H,11-16H2,1H3,(H2,44,47)(H,45,64)(H,48,66)(H,49,67)(H,51,58)(H,52,65)(H,53,68)(H3,43,46,50). The van der Waals surface area contributed by atoms with Crippen molar-refractivity contribution in [2.24, 2.45) is 0 Å². The number of ether oxygens (including phenoxy) is 1. The van der Waals surface area contributed by atoms with Gasteiger partial charge < -0.3 is 98.3 Å². The molecule has 4 heterocycles. The van der Waals surface area contributed by atoms with E-state index in [0.717, 1.165) is 4.90 Å². The third kappa shape index (κ3) is 11.9. The van der Waals surface area contributed by atoms with E-state index in [9.17, 15) is 69.6 Å². The fraction of sp³-hybridized carbons (Fsp3) is 0.524. The van der Waals surface area contributed by atoms with Gasteiger partial charge in [-0.15, -0.1) is 0 Å². The number of hydrogen-bond donors (Lipinski definition) is 19. The second kappa shape index (κ2) is 22.6. The molecule has 0 spiro atoms. The molecule has 4 saturated heterocycles. The van der Waals surface area contributed by atoms with Crippen LogP contribution in [0.25, 0.3) is 0 Å². The van der Waals surface area contributed by atoms with Crippen molar-refractivity contribution in [3.63, 3.8) is 0 Å². The maximum absolute atomic E-state index is 14.7. The molecular weight excluding hydrogens is 913 g/mol. The average Bonchev–Trinajstić information content (AvgIpc) is 3.96. The third-order valence-corrected chi connectivity index (χ3v) is 12.4. The van der Waals surface area contributed by atoms with E-state index in [2.05, 4.69) is 47.9 Å². The van der Waals surface area contributed by atoms with Gasteiger partial charge in [-0.1, -0.05) is 49.4 Å². The molecule has 19 N–H and O–H groups in total. The number of phenolic OH excluding ortho intramolecular Hbond substituents is 1. The van der Waals surface area contributed by atoms with Crippen LogP contribution in [0.15, 0.2) is 54.6 Å². The van der Waals surface area contributed by atoms with E-state index >= 15 is 0 Å². The van der Waals surface area contributed by atoms with Crippen LogP contribution in [-0.2, 0) is 39.9 Å². The SMILES string of the molecule is CC(c1ccccc1)C1NC(=O)CNC(=O)C(CO)NC(=O)C(C(O)C2CNC(=N)N2C2OC(CO)C(O)C(O)C2O)NC(=O)C(C(O)C2CNC(=N)N2)NC(=O)C(Cc2ccc(O)cc2)NC1=O. The Balaban J connectivity index is 1.41. The van der Waals surface area contributed by atoms with Gasteiger partial charge >= 0.3 is 0 Å². The van der Waals surface area contributed by atoms with Crippen LogP contribution in [0.2, 0.25) is 0 Å². The Bertz CT molecular complexity index is 2210. The van der Waals surface area contributed by atoms with Gasteiger partial charge in [0.25, 0.3) is 0 Å². The number of nitrogens with one attached hydrogen (secondary N) is 11. The van der Waals surface area contributed by atoms with E-state index in [0.29, 0.717) is 11.1 Å². The highest BCUT2D eigenvalue weighted by Crippen LogP contribution is 2.28. The second-order valence-corrected chi connectivity index (χ2v) is 17.0. The first-order valence-electron chi connectivity index (χ1n) is 21.9. The minimum Gasteiger partial charge on any atom is -0.508 e. The number of carbonyl (C=O) groups is 6. The van der Waals surface area contributed by atoms with Crippen LogP contribution in [-0.4, -0.2) is 211 Å². The number of aliphatic hydroxyl groups excluding tert-OH is 7. The van der Waals surface area contributed by atoms with Gasteiger partial charge in [0, 0.05) is 25.4 Å². The van der Waals surface area contributed by atoms with Gasteiger partial charge in [-0.3, -0.25) is 39.6 Å². The highest BCUT2D eigenvalue weighted by Gasteiger charge is 2.53. The molecule has 69 heavy (non-hydrogen) atoms. The van der Waals surface area contributed by atoms with Crippen molar-refractivity contribution in [2.75, 3.05) is 32.8 Å². The summed E-state index contributed by atoms with van der Waals surface area (Å²) in [6.07, 6.45) is -13.6. The zero-order chi connectivity index (χ0) is 50.3. The van der Waals surface area contributed by atoms with E-state index in [-0.39, 0.29) is 24.7 Å². The van der Waals surface area contributed by atoms with E-state index in [1.54, 1.807) is 37.3 Å².